The van der Waals surface area contributed by atoms with Gasteiger partial charge in [0.25, 0.3) is 5.91 Å². The summed E-state index contributed by atoms with van der Waals surface area (Å²) in [6.07, 6.45) is 2.58. The highest BCUT2D eigenvalue weighted by molar-refractivity contribution is 5.96. The molecule has 5 N–H and O–H groups in total. The van der Waals surface area contributed by atoms with Gasteiger partial charge in [-0.05, 0) is 50.3 Å². The zero-order valence-electron chi connectivity index (χ0n) is 11.9. The van der Waals surface area contributed by atoms with Crippen molar-refractivity contribution in [1.29, 1.82) is 0 Å². The van der Waals surface area contributed by atoms with E-state index in [9.17, 15) is 9.90 Å². The minimum absolute atomic E-state index is 0.0909. The maximum atomic E-state index is 11.8. The maximum Gasteiger partial charge on any atom is 0.251 e. The Bertz CT molecular complexity index is 476. The van der Waals surface area contributed by atoms with Gasteiger partial charge >= 0.3 is 0 Å². The van der Waals surface area contributed by atoms with Crippen LogP contribution in [0.2, 0.25) is 0 Å². The number of benzene rings is 1. The Morgan fingerprint density at radius 3 is 2.90 bits per heavy atom. The van der Waals surface area contributed by atoms with Crippen molar-refractivity contribution in [2.24, 2.45) is 5.92 Å². The summed E-state index contributed by atoms with van der Waals surface area (Å²) in [4.78, 5) is 11.8. The number of aliphatic hydroxyl groups excluding tert-OH is 1. The highest BCUT2D eigenvalue weighted by Crippen LogP contribution is 2.27. The molecule has 0 spiro atoms. The van der Waals surface area contributed by atoms with E-state index in [-0.39, 0.29) is 12.0 Å². The Hall–Kier alpha value is -1.75. The minimum atomic E-state index is -0.166. The molecule has 5 heteroatoms. The van der Waals surface area contributed by atoms with E-state index < -0.39 is 0 Å². The number of anilines is 2. The summed E-state index contributed by atoms with van der Waals surface area (Å²) in [6.45, 7) is 3.27. The predicted octanol–water partition coefficient (Wildman–Crippen LogP) is 1.59. The lowest BCUT2D eigenvalue weighted by Gasteiger charge is -2.14. The summed E-state index contributed by atoms with van der Waals surface area (Å²) < 4.78 is 0. The van der Waals surface area contributed by atoms with Crippen LogP contribution in [-0.2, 0) is 0 Å². The molecule has 0 heterocycles. The van der Waals surface area contributed by atoms with Crippen LogP contribution < -0.4 is 16.4 Å². The normalized spacial score (nSPS) is 21.7. The fourth-order valence-corrected chi connectivity index (χ4v) is 2.60. The maximum absolute atomic E-state index is 11.8. The number of nitrogens with one attached hydrogen (secondary N) is 2. The first-order chi connectivity index (χ1) is 9.60. The molecular formula is C15H23N3O2. The molecule has 20 heavy (non-hydrogen) atoms. The topological polar surface area (TPSA) is 87.4 Å². The van der Waals surface area contributed by atoms with Crippen LogP contribution in [-0.4, -0.2) is 30.2 Å². The van der Waals surface area contributed by atoms with Gasteiger partial charge in [-0.2, -0.15) is 0 Å². The first-order valence-corrected chi connectivity index (χ1v) is 7.19. The largest absolute Gasteiger partial charge is 0.397 e. The number of carbonyl (C=O) groups excluding carboxylic acids is 1. The van der Waals surface area contributed by atoms with E-state index >= 15 is 0 Å². The second-order valence-electron chi connectivity index (χ2n) is 5.38. The van der Waals surface area contributed by atoms with Gasteiger partial charge in [0.15, 0.2) is 0 Å². The van der Waals surface area contributed by atoms with Gasteiger partial charge in [0, 0.05) is 18.7 Å². The standard InChI is InChI=1S/C15H23N3O2/c1-2-17-15(20)11-4-6-13(16)14(8-11)18-9-10-3-5-12(19)7-10/h4,6,8,10,12,18-19H,2-3,5,7,9,16H2,1H3,(H,17,20). The van der Waals surface area contributed by atoms with E-state index in [1.807, 2.05) is 6.92 Å². The van der Waals surface area contributed by atoms with Crippen LogP contribution in [0.25, 0.3) is 0 Å². The summed E-state index contributed by atoms with van der Waals surface area (Å²) in [5.74, 6) is 0.379. The molecule has 1 aliphatic carbocycles. The third-order valence-corrected chi connectivity index (χ3v) is 3.75. The van der Waals surface area contributed by atoms with E-state index in [1.165, 1.54) is 0 Å². The Balaban J connectivity index is 1.99. The number of aliphatic hydroxyl groups is 1. The third kappa shape index (κ3) is 3.63. The molecule has 1 aromatic rings. The Kier molecular flexibility index (Phi) is 4.84. The fourth-order valence-electron chi connectivity index (χ4n) is 2.60. The molecule has 110 valence electrons. The third-order valence-electron chi connectivity index (χ3n) is 3.75. The van der Waals surface area contributed by atoms with Crippen molar-refractivity contribution in [2.45, 2.75) is 32.3 Å². The van der Waals surface area contributed by atoms with Gasteiger partial charge in [-0.3, -0.25) is 4.79 Å². The second kappa shape index (κ2) is 6.61. The number of nitrogens with two attached hydrogens (primary N) is 1. The van der Waals surface area contributed by atoms with Crippen molar-refractivity contribution in [2.75, 3.05) is 24.1 Å². The molecule has 0 saturated heterocycles. The SMILES string of the molecule is CCNC(=O)c1ccc(N)c(NCC2CCC(O)C2)c1. The van der Waals surface area contributed by atoms with Gasteiger partial charge in [0.2, 0.25) is 0 Å². The fraction of sp³-hybridized carbons (Fsp3) is 0.533. The highest BCUT2D eigenvalue weighted by Gasteiger charge is 2.22. The molecule has 1 amide bonds. The van der Waals surface area contributed by atoms with Gasteiger partial charge in [0.1, 0.15) is 0 Å². The lowest BCUT2D eigenvalue weighted by atomic mass is 10.1. The molecule has 5 nitrogen and oxygen atoms in total. The summed E-state index contributed by atoms with van der Waals surface area (Å²) in [5, 5.41) is 15.6. The van der Waals surface area contributed by atoms with Crippen molar-refractivity contribution in [1.82, 2.24) is 5.32 Å². The number of amides is 1. The molecule has 1 aliphatic rings. The van der Waals surface area contributed by atoms with Gasteiger partial charge in [-0.25, -0.2) is 0 Å². The van der Waals surface area contributed by atoms with Crippen molar-refractivity contribution in [3.8, 4) is 0 Å². The van der Waals surface area contributed by atoms with Crippen molar-refractivity contribution < 1.29 is 9.90 Å². The Morgan fingerprint density at radius 2 is 2.25 bits per heavy atom. The van der Waals surface area contributed by atoms with Gasteiger partial charge in [-0.15, -0.1) is 0 Å². The smallest absolute Gasteiger partial charge is 0.251 e. The quantitative estimate of drug-likeness (QED) is 0.616. The van der Waals surface area contributed by atoms with Crippen LogP contribution in [0.1, 0.15) is 36.5 Å². The van der Waals surface area contributed by atoms with Crippen molar-refractivity contribution in [3.05, 3.63) is 23.8 Å². The number of rotatable bonds is 5. The molecule has 0 aromatic heterocycles. The first-order valence-electron chi connectivity index (χ1n) is 7.19. The van der Waals surface area contributed by atoms with E-state index in [4.69, 9.17) is 5.73 Å². The minimum Gasteiger partial charge on any atom is -0.397 e. The average Bonchev–Trinajstić information content (AvgIpc) is 2.84. The monoisotopic (exact) mass is 277 g/mol. The summed E-state index contributed by atoms with van der Waals surface area (Å²) in [5.41, 5.74) is 7.96. The van der Waals surface area contributed by atoms with Crippen LogP contribution in [0.15, 0.2) is 18.2 Å². The zero-order chi connectivity index (χ0) is 14.5. The van der Waals surface area contributed by atoms with Crippen LogP contribution in [0.3, 0.4) is 0 Å². The summed E-state index contributed by atoms with van der Waals surface area (Å²) in [7, 11) is 0. The van der Waals surface area contributed by atoms with Gasteiger partial charge < -0.3 is 21.5 Å². The van der Waals surface area contributed by atoms with Crippen LogP contribution in [0, 0.1) is 5.92 Å². The molecule has 1 fully saturated rings. The molecule has 2 unspecified atom stereocenters. The van der Waals surface area contributed by atoms with Crippen LogP contribution in [0.4, 0.5) is 11.4 Å². The average molecular weight is 277 g/mol. The van der Waals surface area contributed by atoms with Crippen molar-refractivity contribution >= 4 is 17.3 Å². The second-order valence-corrected chi connectivity index (χ2v) is 5.38. The molecule has 1 aromatic carbocycles. The molecule has 2 atom stereocenters. The Morgan fingerprint density at radius 1 is 1.45 bits per heavy atom. The molecule has 0 bridgehead atoms. The molecule has 0 aliphatic heterocycles. The summed E-state index contributed by atoms with van der Waals surface area (Å²) >= 11 is 0. The molecule has 0 radical (unpaired) electrons. The van der Waals surface area contributed by atoms with E-state index in [0.29, 0.717) is 23.7 Å². The highest BCUT2D eigenvalue weighted by atomic mass is 16.3. The number of hydrogen-bond donors (Lipinski definition) is 4. The molecule has 1 saturated carbocycles. The van der Waals surface area contributed by atoms with Gasteiger partial charge in [0.05, 0.1) is 17.5 Å². The molecular weight excluding hydrogens is 254 g/mol. The van der Waals surface area contributed by atoms with Gasteiger partial charge in [-0.1, -0.05) is 0 Å². The number of hydrogen-bond acceptors (Lipinski definition) is 4. The number of nitrogen functional groups attached to an aromatic ring is 1. The zero-order valence-corrected chi connectivity index (χ0v) is 11.9. The van der Waals surface area contributed by atoms with E-state index in [0.717, 1.165) is 31.5 Å². The lowest BCUT2D eigenvalue weighted by molar-refractivity contribution is 0.0956. The number of carbonyl (C=O) groups is 1. The van der Waals surface area contributed by atoms with Crippen LogP contribution >= 0.6 is 0 Å². The van der Waals surface area contributed by atoms with E-state index in [2.05, 4.69) is 10.6 Å². The van der Waals surface area contributed by atoms with Crippen LogP contribution in [0.5, 0.6) is 0 Å². The first kappa shape index (κ1) is 14.7. The molecule has 2 rings (SSSR count). The summed E-state index contributed by atoms with van der Waals surface area (Å²) in [6, 6.07) is 5.26. The van der Waals surface area contributed by atoms with E-state index in [1.54, 1.807) is 18.2 Å². The lowest BCUT2D eigenvalue weighted by Crippen LogP contribution is -2.23. The predicted molar refractivity (Wildman–Crippen MR) is 80.7 cm³/mol. The van der Waals surface area contributed by atoms with Crippen molar-refractivity contribution in [3.63, 3.8) is 0 Å². The Labute approximate surface area is 119 Å².